The predicted molar refractivity (Wildman–Crippen MR) is 107 cm³/mol. The Kier molecular flexibility index (Phi) is 5.07. The molecule has 0 radical (unpaired) electrons. The van der Waals surface area contributed by atoms with Crippen LogP contribution in [0.3, 0.4) is 0 Å². The molecule has 7 heteroatoms. The number of carbonyl (C=O) groups is 3. The first-order valence-corrected chi connectivity index (χ1v) is 9.57. The van der Waals surface area contributed by atoms with Crippen molar-refractivity contribution in [2.24, 2.45) is 0 Å². The number of rotatable bonds is 4. The van der Waals surface area contributed by atoms with Crippen molar-refractivity contribution in [1.82, 2.24) is 14.7 Å². The lowest BCUT2D eigenvalue weighted by atomic mass is 10.0. The van der Waals surface area contributed by atoms with E-state index < -0.39 is 11.8 Å². The third-order valence-electron chi connectivity index (χ3n) is 5.67. The second-order valence-electron chi connectivity index (χ2n) is 7.32. The summed E-state index contributed by atoms with van der Waals surface area (Å²) in [6.45, 7) is 1.47. The summed E-state index contributed by atoms with van der Waals surface area (Å²) in [6.07, 6.45) is 0. The highest BCUT2D eigenvalue weighted by atomic mass is 16.5. The summed E-state index contributed by atoms with van der Waals surface area (Å²) in [4.78, 5) is 43.0. The number of ether oxygens (including phenoxy) is 1. The number of hydrogen-bond donors (Lipinski definition) is 0. The van der Waals surface area contributed by atoms with Gasteiger partial charge < -0.3 is 9.64 Å². The van der Waals surface area contributed by atoms with Gasteiger partial charge in [-0.2, -0.15) is 0 Å². The second-order valence-corrected chi connectivity index (χ2v) is 7.32. The van der Waals surface area contributed by atoms with E-state index in [1.165, 1.54) is 0 Å². The highest BCUT2D eigenvalue weighted by Gasteiger charge is 2.38. The van der Waals surface area contributed by atoms with Gasteiger partial charge in [0.2, 0.25) is 5.91 Å². The zero-order valence-corrected chi connectivity index (χ0v) is 16.5. The van der Waals surface area contributed by atoms with E-state index in [2.05, 4.69) is 4.90 Å². The fourth-order valence-electron chi connectivity index (χ4n) is 4.00. The summed E-state index contributed by atoms with van der Waals surface area (Å²) in [5, 5.41) is 0. The molecule has 1 fully saturated rings. The maximum atomic E-state index is 13.0. The zero-order valence-electron chi connectivity index (χ0n) is 16.5. The van der Waals surface area contributed by atoms with Crippen LogP contribution in [0.2, 0.25) is 0 Å². The Balaban J connectivity index is 1.50. The van der Waals surface area contributed by atoms with Crippen LogP contribution in [0.15, 0.2) is 48.5 Å². The molecule has 150 valence electrons. The maximum Gasteiger partial charge on any atom is 0.262 e. The molecule has 2 heterocycles. The van der Waals surface area contributed by atoms with Gasteiger partial charge in [-0.1, -0.05) is 30.3 Å². The number of likely N-dealkylation sites (N-methyl/N-ethyl adjacent to an activating group) is 1. The number of methoxy groups -OCH3 is 1. The number of piperazine rings is 1. The van der Waals surface area contributed by atoms with Gasteiger partial charge in [0.25, 0.3) is 11.8 Å². The SMILES string of the molecule is COc1ccccc1C1CN(C(=O)CN2C(=O)c3ccccc3C2=O)CCN1C. The van der Waals surface area contributed by atoms with Crippen LogP contribution < -0.4 is 4.74 Å². The number of nitrogens with zero attached hydrogens (tertiary/aromatic N) is 3. The molecule has 7 nitrogen and oxygen atoms in total. The molecule has 1 saturated heterocycles. The Labute approximate surface area is 169 Å². The number of amides is 3. The fraction of sp³-hybridized carbons (Fsp3) is 0.318. The van der Waals surface area contributed by atoms with Crippen LogP contribution in [0.4, 0.5) is 0 Å². The number of hydrogen-bond acceptors (Lipinski definition) is 5. The first-order valence-electron chi connectivity index (χ1n) is 9.57. The van der Waals surface area contributed by atoms with Gasteiger partial charge in [0, 0.05) is 25.2 Å². The van der Waals surface area contributed by atoms with Crippen LogP contribution in [0.25, 0.3) is 0 Å². The molecule has 2 aromatic carbocycles. The van der Waals surface area contributed by atoms with Gasteiger partial charge in [0.05, 0.1) is 24.3 Å². The number of para-hydroxylation sites is 1. The zero-order chi connectivity index (χ0) is 20.5. The summed E-state index contributed by atoms with van der Waals surface area (Å²) in [5.41, 5.74) is 1.72. The normalized spacial score (nSPS) is 19.4. The van der Waals surface area contributed by atoms with Crippen molar-refractivity contribution in [2.75, 3.05) is 40.3 Å². The third-order valence-corrected chi connectivity index (χ3v) is 5.67. The summed E-state index contributed by atoms with van der Waals surface area (Å²) in [5.74, 6) is -0.268. The first-order chi connectivity index (χ1) is 14.0. The first kappa shape index (κ1) is 19.1. The fourth-order valence-corrected chi connectivity index (χ4v) is 4.00. The van der Waals surface area contributed by atoms with Crippen molar-refractivity contribution < 1.29 is 19.1 Å². The van der Waals surface area contributed by atoms with E-state index in [0.717, 1.165) is 16.2 Å². The average molecular weight is 393 g/mol. The molecule has 1 unspecified atom stereocenters. The molecule has 2 aliphatic heterocycles. The average Bonchev–Trinajstić information content (AvgIpc) is 2.99. The minimum absolute atomic E-state index is 0.0222. The highest BCUT2D eigenvalue weighted by molar-refractivity contribution is 6.22. The third kappa shape index (κ3) is 3.38. The van der Waals surface area contributed by atoms with E-state index in [1.807, 2.05) is 31.3 Å². The Morgan fingerprint density at radius 3 is 2.28 bits per heavy atom. The lowest BCUT2D eigenvalue weighted by molar-refractivity contribution is -0.134. The Morgan fingerprint density at radius 2 is 1.62 bits per heavy atom. The van der Waals surface area contributed by atoms with E-state index in [-0.39, 0.29) is 18.5 Å². The van der Waals surface area contributed by atoms with E-state index in [4.69, 9.17) is 4.74 Å². The van der Waals surface area contributed by atoms with Crippen molar-refractivity contribution in [1.29, 1.82) is 0 Å². The van der Waals surface area contributed by atoms with Gasteiger partial charge in [-0.05, 0) is 25.2 Å². The van der Waals surface area contributed by atoms with Crippen LogP contribution in [-0.2, 0) is 4.79 Å². The van der Waals surface area contributed by atoms with Gasteiger partial charge in [0.1, 0.15) is 12.3 Å². The molecule has 4 rings (SSSR count). The topological polar surface area (TPSA) is 70.2 Å². The molecule has 29 heavy (non-hydrogen) atoms. The van der Waals surface area contributed by atoms with Crippen LogP contribution in [0.1, 0.15) is 32.3 Å². The number of carbonyl (C=O) groups excluding carboxylic acids is 3. The molecule has 3 amide bonds. The van der Waals surface area contributed by atoms with E-state index in [9.17, 15) is 14.4 Å². The van der Waals surface area contributed by atoms with Crippen LogP contribution in [-0.4, -0.2) is 72.8 Å². The van der Waals surface area contributed by atoms with E-state index in [1.54, 1.807) is 36.3 Å². The Hall–Kier alpha value is -3.19. The standard InChI is InChI=1S/C22H23N3O4/c1-23-11-12-24(13-18(23)17-9-5-6-10-19(17)29-2)20(26)14-25-21(27)15-7-3-4-8-16(15)22(25)28/h3-10,18H,11-14H2,1-2H3. The number of benzene rings is 2. The lowest BCUT2D eigenvalue weighted by Gasteiger charge is -2.40. The minimum atomic E-state index is -0.408. The molecule has 2 aromatic rings. The van der Waals surface area contributed by atoms with E-state index >= 15 is 0 Å². The molecule has 0 aromatic heterocycles. The van der Waals surface area contributed by atoms with Crippen molar-refractivity contribution in [3.05, 3.63) is 65.2 Å². The summed E-state index contributed by atoms with van der Waals surface area (Å²) in [6, 6.07) is 14.4. The van der Waals surface area contributed by atoms with E-state index in [0.29, 0.717) is 30.8 Å². The van der Waals surface area contributed by atoms with Gasteiger partial charge in [-0.25, -0.2) is 0 Å². The number of fused-ring (bicyclic) bond motifs is 1. The highest BCUT2D eigenvalue weighted by Crippen LogP contribution is 2.31. The monoisotopic (exact) mass is 393 g/mol. The number of imide groups is 1. The summed E-state index contributed by atoms with van der Waals surface area (Å²) < 4.78 is 5.49. The van der Waals surface area contributed by atoms with Crippen molar-refractivity contribution >= 4 is 17.7 Å². The molecule has 0 bridgehead atoms. The molecule has 1 atom stereocenters. The minimum Gasteiger partial charge on any atom is -0.496 e. The van der Waals surface area contributed by atoms with Gasteiger partial charge in [-0.3, -0.25) is 24.2 Å². The summed E-state index contributed by atoms with van der Waals surface area (Å²) in [7, 11) is 3.65. The summed E-state index contributed by atoms with van der Waals surface area (Å²) >= 11 is 0. The van der Waals surface area contributed by atoms with Crippen molar-refractivity contribution in [3.8, 4) is 5.75 Å². The molecule has 0 saturated carbocycles. The van der Waals surface area contributed by atoms with Crippen LogP contribution >= 0.6 is 0 Å². The quantitative estimate of drug-likeness (QED) is 0.741. The smallest absolute Gasteiger partial charge is 0.262 e. The molecule has 0 N–H and O–H groups in total. The van der Waals surface area contributed by atoms with Crippen LogP contribution in [0.5, 0.6) is 5.75 Å². The molecule has 2 aliphatic rings. The van der Waals surface area contributed by atoms with Crippen molar-refractivity contribution in [3.63, 3.8) is 0 Å². The maximum absolute atomic E-state index is 13.0. The van der Waals surface area contributed by atoms with Gasteiger partial charge in [0.15, 0.2) is 0 Å². The molecular weight excluding hydrogens is 370 g/mol. The van der Waals surface area contributed by atoms with Crippen molar-refractivity contribution in [2.45, 2.75) is 6.04 Å². The van der Waals surface area contributed by atoms with Gasteiger partial charge in [-0.15, -0.1) is 0 Å². The Morgan fingerprint density at radius 1 is 1.00 bits per heavy atom. The molecule has 0 spiro atoms. The Bertz CT molecular complexity index is 939. The molecule has 0 aliphatic carbocycles. The predicted octanol–water partition coefficient (Wildman–Crippen LogP) is 1.81. The lowest BCUT2D eigenvalue weighted by Crippen LogP contribution is -2.52. The molecular formula is C22H23N3O4. The largest absolute Gasteiger partial charge is 0.496 e. The second kappa shape index (κ2) is 7.67. The van der Waals surface area contributed by atoms with Crippen LogP contribution in [0, 0.1) is 0 Å². The van der Waals surface area contributed by atoms with Gasteiger partial charge >= 0.3 is 0 Å².